The molecule has 0 saturated heterocycles. The fourth-order valence-electron chi connectivity index (χ4n) is 1.83. The molecule has 1 aromatic carbocycles. The standard InChI is InChI=1S/C14H11ClN4O3S/c15-11-5-1-2-6-12(11)23(20,21)17-9-13-18-19-14(22-13)10-4-3-7-16-8-10/h1-8,17H,9H2. The van der Waals surface area contributed by atoms with Crippen molar-refractivity contribution in [3.05, 3.63) is 59.7 Å². The molecule has 2 aromatic heterocycles. The van der Waals surface area contributed by atoms with E-state index >= 15 is 0 Å². The average Bonchev–Trinajstić information content (AvgIpc) is 3.03. The number of pyridine rings is 1. The van der Waals surface area contributed by atoms with Gasteiger partial charge in [-0.25, -0.2) is 13.1 Å². The van der Waals surface area contributed by atoms with Crippen LogP contribution in [-0.4, -0.2) is 23.6 Å². The molecular weight excluding hydrogens is 340 g/mol. The molecule has 0 spiro atoms. The van der Waals surface area contributed by atoms with Gasteiger partial charge >= 0.3 is 0 Å². The molecule has 7 nitrogen and oxygen atoms in total. The first-order valence-electron chi connectivity index (χ1n) is 6.53. The molecular formula is C14H11ClN4O3S. The summed E-state index contributed by atoms with van der Waals surface area (Å²) < 4.78 is 32.2. The highest BCUT2D eigenvalue weighted by Crippen LogP contribution is 2.21. The van der Waals surface area contributed by atoms with Crippen molar-refractivity contribution in [2.75, 3.05) is 0 Å². The van der Waals surface area contributed by atoms with E-state index < -0.39 is 10.0 Å². The number of hydrogen-bond acceptors (Lipinski definition) is 6. The first-order chi connectivity index (χ1) is 11.1. The second-order valence-corrected chi connectivity index (χ2v) is 6.64. The minimum absolute atomic E-state index is 0.00587. The second kappa shape index (κ2) is 6.45. The maximum Gasteiger partial charge on any atom is 0.249 e. The molecule has 0 aliphatic rings. The molecule has 0 fully saturated rings. The SMILES string of the molecule is O=S(=O)(NCc1nnc(-c2cccnc2)o1)c1ccccc1Cl. The molecule has 0 bridgehead atoms. The molecule has 2 heterocycles. The number of nitrogens with zero attached hydrogens (tertiary/aromatic N) is 3. The Hall–Kier alpha value is -2.29. The van der Waals surface area contributed by atoms with Gasteiger partial charge in [-0.1, -0.05) is 23.7 Å². The van der Waals surface area contributed by atoms with Crippen molar-refractivity contribution in [1.29, 1.82) is 0 Å². The maximum absolute atomic E-state index is 12.2. The van der Waals surface area contributed by atoms with Gasteiger partial charge in [0.1, 0.15) is 4.90 Å². The van der Waals surface area contributed by atoms with Crippen LogP contribution in [0.4, 0.5) is 0 Å². The third-order valence-corrected chi connectivity index (χ3v) is 4.82. The molecule has 0 atom stereocenters. The summed E-state index contributed by atoms with van der Waals surface area (Å²) in [5.74, 6) is 0.407. The van der Waals surface area contributed by atoms with E-state index in [2.05, 4.69) is 19.9 Å². The van der Waals surface area contributed by atoms with Crippen molar-refractivity contribution in [3.8, 4) is 11.5 Å². The minimum atomic E-state index is -3.77. The van der Waals surface area contributed by atoms with Gasteiger partial charge in [-0.15, -0.1) is 10.2 Å². The normalized spacial score (nSPS) is 11.5. The quantitative estimate of drug-likeness (QED) is 0.758. The van der Waals surface area contributed by atoms with Crippen LogP contribution < -0.4 is 4.72 Å². The van der Waals surface area contributed by atoms with Gasteiger partial charge in [0.05, 0.1) is 17.1 Å². The highest BCUT2D eigenvalue weighted by molar-refractivity contribution is 7.89. The monoisotopic (exact) mass is 350 g/mol. The van der Waals surface area contributed by atoms with Gasteiger partial charge in [0.25, 0.3) is 0 Å². The largest absolute Gasteiger partial charge is 0.419 e. The summed E-state index contributed by atoms with van der Waals surface area (Å²) in [4.78, 5) is 3.95. The first-order valence-corrected chi connectivity index (χ1v) is 8.39. The molecule has 0 unspecified atom stereocenters. The van der Waals surface area contributed by atoms with E-state index in [1.54, 1.807) is 36.7 Å². The summed E-state index contributed by atoms with van der Waals surface area (Å²) >= 11 is 5.90. The van der Waals surface area contributed by atoms with Gasteiger partial charge in [0, 0.05) is 12.4 Å². The van der Waals surface area contributed by atoms with Gasteiger partial charge in [-0.05, 0) is 24.3 Å². The molecule has 0 aliphatic carbocycles. The van der Waals surface area contributed by atoms with Crippen molar-refractivity contribution >= 4 is 21.6 Å². The Balaban J connectivity index is 1.74. The topological polar surface area (TPSA) is 98.0 Å². The zero-order chi connectivity index (χ0) is 16.3. The lowest BCUT2D eigenvalue weighted by Crippen LogP contribution is -2.23. The molecule has 118 valence electrons. The Morgan fingerprint density at radius 3 is 2.70 bits per heavy atom. The van der Waals surface area contributed by atoms with Gasteiger partial charge < -0.3 is 4.42 Å². The van der Waals surface area contributed by atoms with E-state index in [1.807, 2.05) is 0 Å². The highest BCUT2D eigenvalue weighted by atomic mass is 35.5. The summed E-state index contributed by atoms with van der Waals surface area (Å²) in [6.07, 6.45) is 3.20. The summed E-state index contributed by atoms with van der Waals surface area (Å²) in [6.45, 7) is -0.138. The summed E-state index contributed by atoms with van der Waals surface area (Å²) in [7, 11) is -3.77. The van der Waals surface area contributed by atoms with Crippen molar-refractivity contribution in [2.24, 2.45) is 0 Å². The van der Waals surface area contributed by atoms with E-state index in [-0.39, 0.29) is 28.2 Å². The summed E-state index contributed by atoms with van der Waals surface area (Å²) in [5.41, 5.74) is 0.653. The van der Waals surface area contributed by atoms with Crippen LogP contribution in [0.3, 0.4) is 0 Å². The fourth-order valence-corrected chi connectivity index (χ4v) is 3.32. The Kier molecular flexibility index (Phi) is 4.37. The Bertz CT molecular complexity index is 913. The van der Waals surface area contributed by atoms with Crippen molar-refractivity contribution in [3.63, 3.8) is 0 Å². The zero-order valence-corrected chi connectivity index (χ0v) is 13.3. The molecule has 23 heavy (non-hydrogen) atoms. The number of hydrogen-bond donors (Lipinski definition) is 1. The third kappa shape index (κ3) is 3.55. The lowest BCUT2D eigenvalue weighted by Gasteiger charge is -2.06. The predicted octanol–water partition coefficient (Wildman–Crippen LogP) is 2.26. The van der Waals surface area contributed by atoms with Crippen LogP contribution in [0.5, 0.6) is 0 Å². The van der Waals surface area contributed by atoms with Crippen LogP contribution in [0.15, 0.2) is 58.1 Å². The highest BCUT2D eigenvalue weighted by Gasteiger charge is 2.18. The van der Waals surface area contributed by atoms with Crippen LogP contribution in [0.25, 0.3) is 11.5 Å². The third-order valence-electron chi connectivity index (χ3n) is 2.91. The molecule has 3 aromatic rings. The maximum atomic E-state index is 12.2. The van der Waals surface area contributed by atoms with Gasteiger partial charge in [0.15, 0.2) is 0 Å². The van der Waals surface area contributed by atoms with Crippen LogP contribution in [0.2, 0.25) is 5.02 Å². The van der Waals surface area contributed by atoms with E-state index in [9.17, 15) is 8.42 Å². The zero-order valence-electron chi connectivity index (χ0n) is 11.7. The van der Waals surface area contributed by atoms with Crippen LogP contribution >= 0.6 is 11.6 Å². The fraction of sp³-hybridized carbons (Fsp3) is 0.0714. The molecule has 0 amide bonds. The van der Waals surface area contributed by atoms with Gasteiger partial charge in [-0.2, -0.15) is 0 Å². The Morgan fingerprint density at radius 2 is 1.96 bits per heavy atom. The smallest absolute Gasteiger partial charge is 0.249 e. The number of benzene rings is 1. The lowest BCUT2D eigenvalue weighted by molar-refractivity contribution is 0.494. The molecule has 0 aliphatic heterocycles. The van der Waals surface area contributed by atoms with E-state index in [0.717, 1.165) is 0 Å². The number of sulfonamides is 1. The van der Waals surface area contributed by atoms with Crippen LogP contribution in [0.1, 0.15) is 5.89 Å². The van der Waals surface area contributed by atoms with Crippen LogP contribution in [-0.2, 0) is 16.6 Å². The minimum Gasteiger partial charge on any atom is -0.419 e. The number of rotatable bonds is 5. The molecule has 3 rings (SSSR count). The van der Waals surface area contributed by atoms with Crippen molar-refractivity contribution < 1.29 is 12.8 Å². The van der Waals surface area contributed by atoms with Gasteiger partial charge in [-0.3, -0.25) is 4.98 Å². The molecule has 0 saturated carbocycles. The molecule has 1 N–H and O–H groups in total. The second-order valence-electron chi connectivity index (χ2n) is 4.50. The summed E-state index contributed by atoms with van der Waals surface area (Å²) in [6, 6.07) is 9.66. The van der Waals surface area contributed by atoms with E-state index in [1.165, 1.54) is 12.1 Å². The average molecular weight is 351 g/mol. The first kappa shape index (κ1) is 15.6. The summed E-state index contributed by atoms with van der Waals surface area (Å²) in [5, 5.41) is 7.81. The van der Waals surface area contributed by atoms with E-state index in [0.29, 0.717) is 5.56 Å². The van der Waals surface area contributed by atoms with E-state index in [4.69, 9.17) is 16.0 Å². The predicted molar refractivity (Wildman–Crippen MR) is 83.0 cm³/mol. The van der Waals surface area contributed by atoms with Crippen molar-refractivity contribution in [1.82, 2.24) is 19.9 Å². The number of halogens is 1. The van der Waals surface area contributed by atoms with Crippen molar-refractivity contribution in [2.45, 2.75) is 11.4 Å². The van der Waals surface area contributed by atoms with Gasteiger partial charge in [0.2, 0.25) is 21.8 Å². The Labute approximate surface area is 137 Å². The molecule has 0 radical (unpaired) electrons. The Morgan fingerprint density at radius 1 is 1.13 bits per heavy atom. The lowest BCUT2D eigenvalue weighted by atomic mass is 10.3. The van der Waals surface area contributed by atoms with Crippen LogP contribution in [0, 0.1) is 0 Å². The molecule has 9 heteroatoms. The number of aromatic nitrogens is 3. The number of nitrogens with one attached hydrogen (secondary N) is 1.